The zero-order valence-electron chi connectivity index (χ0n) is 9.27. The minimum atomic E-state index is -0.862. The number of benzene rings is 2. The summed E-state index contributed by atoms with van der Waals surface area (Å²) in [6.45, 7) is 1.63. The summed E-state index contributed by atoms with van der Waals surface area (Å²) in [6, 6.07) is 11.1. The van der Waals surface area contributed by atoms with Gasteiger partial charge in [-0.25, -0.2) is 0 Å². The van der Waals surface area contributed by atoms with Gasteiger partial charge in [0.25, 0.3) is 0 Å². The molecule has 0 saturated heterocycles. The average Bonchev–Trinajstić information content (AvgIpc) is 2.28. The van der Waals surface area contributed by atoms with E-state index in [4.69, 9.17) is 5.11 Å². The second-order valence-corrected chi connectivity index (χ2v) is 4.79. The van der Waals surface area contributed by atoms with Crippen LogP contribution >= 0.6 is 15.9 Å². The van der Waals surface area contributed by atoms with E-state index in [1.807, 2.05) is 36.4 Å². The predicted molar refractivity (Wildman–Crippen MR) is 72.4 cm³/mol. The Hall–Kier alpha value is -1.55. The fraction of sp³-hybridized carbons (Fsp3) is 0.154. The molecule has 2 rings (SSSR count). The molecule has 3 nitrogen and oxygen atoms in total. The summed E-state index contributed by atoms with van der Waals surface area (Å²) < 4.78 is 1.01. The van der Waals surface area contributed by atoms with Crippen LogP contribution in [0.3, 0.4) is 0 Å². The molecule has 0 aliphatic rings. The van der Waals surface area contributed by atoms with Crippen molar-refractivity contribution in [3.8, 4) is 0 Å². The van der Waals surface area contributed by atoms with Crippen LogP contribution in [0.15, 0.2) is 40.9 Å². The number of anilines is 1. The molecule has 0 fully saturated rings. The maximum Gasteiger partial charge on any atom is 0.325 e. The van der Waals surface area contributed by atoms with Crippen LogP contribution in [-0.2, 0) is 4.79 Å². The van der Waals surface area contributed by atoms with E-state index in [0.717, 1.165) is 20.9 Å². The van der Waals surface area contributed by atoms with Crippen LogP contribution in [0.4, 0.5) is 5.69 Å². The third-order valence-corrected chi connectivity index (χ3v) is 3.08. The van der Waals surface area contributed by atoms with E-state index < -0.39 is 12.0 Å². The van der Waals surface area contributed by atoms with Crippen molar-refractivity contribution < 1.29 is 9.90 Å². The molecule has 1 atom stereocenters. The standard InChI is InChI=1S/C13H12BrNO2/c1-8(13(16)17)15-12-4-2-3-9-7-10(14)5-6-11(9)12/h2-8,15H,1H3,(H,16,17). The van der Waals surface area contributed by atoms with E-state index in [2.05, 4.69) is 21.2 Å². The highest BCUT2D eigenvalue weighted by molar-refractivity contribution is 9.10. The number of fused-ring (bicyclic) bond motifs is 1. The van der Waals surface area contributed by atoms with Crippen LogP contribution in [0.2, 0.25) is 0 Å². The Bertz CT molecular complexity index is 568. The van der Waals surface area contributed by atoms with Gasteiger partial charge >= 0.3 is 5.97 Å². The van der Waals surface area contributed by atoms with Crippen LogP contribution in [-0.4, -0.2) is 17.1 Å². The number of halogens is 1. The largest absolute Gasteiger partial charge is 0.480 e. The van der Waals surface area contributed by atoms with E-state index in [0.29, 0.717) is 0 Å². The van der Waals surface area contributed by atoms with Crippen LogP contribution in [0, 0.1) is 0 Å². The second-order valence-electron chi connectivity index (χ2n) is 3.88. The molecule has 2 aromatic rings. The van der Waals surface area contributed by atoms with Crippen molar-refractivity contribution in [3.63, 3.8) is 0 Å². The number of nitrogens with one attached hydrogen (secondary N) is 1. The molecular formula is C13H12BrNO2. The molecule has 17 heavy (non-hydrogen) atoms. The Kier molecular flexibility index (Phi) is 3.33. The molecule has 0 spiro atoms. The zero-order chi connectivity index (χ0) is 12.4. The number of carboxylic acids is 1. The number of carbonyl (C=O) groups is 1. The molecule has 0 radical (unpaired) electrons. The Morgan fingerprint density at radius 3 is 2.82 bits per heavy atom. The van der Waals surface area contributed by atoms with Crippen molar-refractivity contribution in [2.24, 2.45) is 0 Å². The Labute approximate surface area is 108 Å². The lowest BCUT2D eigenvalue weighted by atomic mass is 10.1. The first-order valence-corrected chi connectivity index (χ1v) is 6.05. The fourth-order valence-electron chi connectivity index (χ4n) is 1.68. The molecular weight excluding hydrogens is 282 g/mol. The van der Waals surface area contributed by atoms with Gasteiger partial charge in [-0.3, -0.25) is 4.79 Å². The van der Waals surface area contributed by atoms with Gasteiger partial charge in [-0.1, -0.05) is 34.1 Å². The number of hydrogen-bond donors (Lipinski definition) is 2. The lowest BCUT2D eigenvalue weighted by Crippen LogP contribution is -2.25. The summed E-state index contributed by atoms with van der Waals surface area (Å²) in [5.74, 6) is -0.862. The first-order valence-electron chi connectivity index (χ1n) is 5.25. The SMILES string of the molecule is CC(Nc1cccc2cc(Br)ccc12)C(=O)O. The fourth-order valence-corrected chi connectivity index (χ4v) is 2.05. The molecule has 2 aromatic carbocycles. The van der Waals surface area contributed by atoms with Gasteiger partial charge in [0.15, 0.2) is 0 Å². The van der Waals surface area contributed by atoms with Crippen LogP contribution in [0.25, 0.3) is 10.8 Å². The molecule has 0 aromatic heterocycles. The molecule has 0 amide bonds. The van der Waals surface area contributed by atoms with Crippen LogP contribution in [0.1, 0.15) is 6.92 Å². The number of carboxylic acid groups (broad SMARTS) is 1. The number of rotatable bonds is 3. The van der Waals surface area contributed by atoms with Crippen molar-refractivity contribution in [2.75, 3.05) is 5.32 Å². The lowest BCUT2D eigenvalue weighted by molar-refractivity contribution is -0.137. The normalized spacial score (nSPS) is 12.4. The minimum absolute atomic E-state index is 0.607. The predicted octanol–water partition coefficient (Wildman–Crippen LogP) is 3.49. The second kappa shape index (κ2) is 4.75. The maximum atomic E-state index is 10.8. The number of hydrogen-bond acceptors (Lipinski definition) is 2. The van der Waals surface area contributed by atoms with Gasteiger partial charge in [-0.05, 0) is 30.5 Å². The van der Waals surface area contributed by atoms with E-state index >= 15 is 0 Å². The molecule has 4 heteroatoms. The van der Waals surface area contributed by atoms with Gasteiger partial charge in [0.05, 0.1) is 0 Å². The van der Waals surface area contributed by atoms with Crippen molar-refractivity contribution in [1.29, 1.82) is 0 Å². The van der Waals surface area contributed by atoms with Crippen molar-refractivity contribution in [1.82, 2.24) is 0 Å². The maximum absolute atomic E-state index is 10.8. The van der Waals surface area contributed by atoms with Crippen molar-refractivity contribution in [2.45, 2.75) is 13.0 Å². The molecule has 0 heterocycles. The van der Waals surface area contributed by atoms with E-state index in [1.165, 1.54) is 0 Å². The Balaban J connectivity index is 2.44. The van der Waals surface area contributed by atoms with E-state index in [9.17, 15) is 4.79 Å². The van der Waals surface area contributed by atoms with Gasteiger partial charge in [0.1, 0.15) is 6.04 Å². The van der Waals surface area contributed by atoms with E-state index in [-0.39, 0.29) is 0 Å². The van der Waals surface area contributed by atoms with Gasteiger partial charge in [0.2, 0.25) is 0 Å². The Morgan fingerprint density at radius 1 is 1.35 bits per heavy atom. The Morgan fingerprint density at radius 2 is 2.12 bits per heavy atom. The van der Waals surface area contributed by atoms with Gasteiger partial charge < -0.3 is 10.4 Å². The smallest absolute Gasteiger partial charge is 0.325 e. The topological polar surface area (TPSA) is 49.3 Å². The first-order chi connectivity index (χ1) is 8.08. The van der Waals surface area contributed by atoms with E-state index in [1.54, 1.807) is 6.92 Å². The number of aliphatic carboxylic acids is 1. The quantitative estimate of drug-likeness (QED) is 0.911. The highest BCUT2D eigenvalue weighted by atomic mass is 79.9. The minimum Gasteiger partial charge on any atom is -0.480 e. The van der Waals surface area contributed by atoms with Crippen LogP contribution in [0.5, 0.6) is 0 Å². The molecule has 88 valence electrons. The molecule has 1 unspecified atom stereocenters. The summed E-state index contributed by atoms with van der Waals surface area (Å²) in [4.78, 5) is 10.8. The lowest BCUT2D eigenvalue weighted by Gasteiger charge is -2.13. The van der Waals surface area contributed by atoms with Gasteiger partial charge in [-0.15, -0.1) is 0 Å². The summed E-state index contributed by atoms with van der Waals surface area (Å²) in [6.07, 6.45) is 0. The zero-order valence-corrected chi connectivity index (χ0v) is 10.9. The van der Waals surface area contributed by atoms with Crippen molar-refractivity contribution >= 4 is 38.4 Å². The van der Waals surface area contributed by atoms with Crippen molar-refractivity contribution in [3.05, 3.63) is 40.9 Å². The molecule has 0 bridgehead atoms. The third kappa shape index (κ3) is 2.58. The molecule has 2 N–H and O–H groups in total. The summed E-state index contributed by atoms with van der Waals surface area (Å²) in [7, 11) is 0. The van der Waals surface area contributed by atoms with Gasteiger partial charge in [0, 0.05) is 15.5 Å². The monoisotopic (exact) mass is 293 g/mol. The molecule has 0 aliphatic heterocycles. The average molecular weight is 294 g/mol. The van der Waals surface area contributed by atoms with Crippen LogP contribution < -0.4 is 5.32 Å². The van der Waals surface area contributed by atoms with Gasteiger partial charge in [-0.2, -0.15) is 0 Å². The summed E-state index contributed by atoms with van der Waals surface area (Å²) in [5, 5.41) is 14.0. The third-order valence-electron chi connectivity index (χ3n) is 2.58. The highest BCUT2D eigenvalue weighted by Crippen LogP contribution is 2.26. The highest BCUT2D eigenvalue weighted by Gasteiger charge is 2.11. The molecule has 0 aliphatic carbocycles. The molecule has 0 saturated carbocycles. The summed E-state index contributed by atoms with van der Waals surface area (Å²) >= 11 is 3.42. The summed E-state index contributed by atoms with van der Waals surface area (Å²) in [5.41, 5.74) is 0.838. The first kappa shape index (κ1) is 11.9.